The summed E-state index contributed by atoms with van der Waals surface area (Å²) in [6.07, 6.45) is -8.04. The van der Waals surface area contributed by atoms with E-state index in [1.165, 1.54) is 6.20 Å². The van der Waals surface area contributed by atoms with Gasteiger partial charge in [-0.3, -0.25) is 20.4 Å². The molecule has 0 fully saturated rings. The molecule has 0 spiro atoms. The summed E-state index contributed by atoms with van der Waals surface area (Å²) in [5.41, 5.74) is 0.313. The topological polar surface area (TPSA) is 91.8 Å². The number of hydrazine groups is 1. The van der Waals surface area contributed by atoms with E-state index >= 15 is 0 Å². The number of nitrogens with zero attached hydrogens (tertiary/aromatic N) is 2. The van der Waals surface area contributed by atoms with Gasteiger partial charge in [0.1, 0.15) is 0 Å². The van der Waals surface area contributed by atoms with E-state index < -0.39 is 46.7 Å². The van der Waals surface area contributed by atoms with Crippen LogP contribution in [0, 0.1) is 0 Å². The molecule has 0 radical (unpaired) electrons. The van der Waals surface area contributed by atoms with Crippen molar-refractivity contribution in [1.29, 1.82) is 0 Å². The Balaban J connectivity index is 1.61. The van der Waals surface area contributed by atoms with Gasteiger partial charge in [0.15, 0.2) is 5.69 Å². The Bertz CT molecular complexity index is 1390. The van der Waals surface area contributed by atoms with E-state index in [2.05, 4.69) is 10.1 Å². The zero-order valence-electron chi connectivity index (χ0n) is 16.8. The number of nitrogens with one attached hydrogen (secondary N) is 3. The summed E-state index contributed by atoms with van der Waals surface area (Å²) in [6, 6.07) is 9.79. The predicted molar refractivity (Wildman–Crippen MR) is 107 cm³/mol. The quantitative estimate of drug-likeness (QED) is 0.298. The fourth-order valence-electron chi connectivity index (χ4n) is 3.30. The monoisotopic (exact) mass is 481 g/mol. The maximum atomic E-state index is 13.8. The number of halogens is 6. The van der Waals surface area contributed by atoms with Gasteiger partial charge in [-0.15, -0.1) is 0 Å². The van der Waals surface area contributed by atoms with Gasteiger partial charge in [0.25, 0.3) is 11.8 Å². The predicted octanol–water partition coefficient (Wildman–Crippen LogP) is 4.47. The van der Waals surface area contributed by atoms with E-state index in [1.807, 2.05) is 10.9 Å². The fourth-order valence-corrected chi connectivity index (χ4v) is 3.30. The summed E-state index contributed by atoms with van der Waals surface area (Å²) >= 11 is 0. The summed E-state index contributed by atoms with van der Waals surface area (Å²) in [4.78, 5) is 27.7. The Labute approximate surface area is 186 Å². The van der Waals surface area contributed by atoms with Gasteiger partial charge in [0, 0.05) is 17.1 Å². The molecule has 2 aromatic heterocycles. The van der Waals surface area contributed by atoms with Crippen molar-refractivity contribution in [2.24, 2.45) is 0 Å². The Morgan fingerprint density at radius 1 is 0.853 bits per heavy atom. The van der Waals surface area contributed by atoms with Crippen molar-refractivity contribution >= 4 is 22.7 Å². The van der Waals surface area contributed by atoms with Gasteiger partial charge in [-0.25, -0.2) is 4.68 Å². The number of alkyl halides is 6. The molecule has 2 amide bonds. The first-order chi connectivity index (χ1) is 16.0. The minimum absolute atomic E-state index is 0.131. The highest BCUT2D eigenvalue weighted by Crippen LogP contribution is 2.35. The number of para-hydroxylation sites is 1. The fraction of sp³-hybridized carbons (Fsp3) is 0.0952. The van der Waals surface area contributed by atoms with Crippen LogP contribution in [0.4, 0.5) is 26.3 Å². The van der Waals surface area contributed by atoms with E-state index in [1.54, 1.807) is 24.3 Å². The molecule has 4 aromatic rings. The van der Waals surface area contributed by atoms with Gasteiger partial charge in [-0.1, -0.05) is 24.3 Å². The summed E-state index contributed by atoms with van der Waals surface area (Å²) in [5, 5.41) is 3.98. The smallest absolute Gasteiger partial charge is 0.360 e. The molecular formula is C21H13F6N5O2. The highest BCUT2D eigenvalue weighted by molar-refractivity contribution is 6.07. The third-order valence-electron chi connectivity index (χ3n) is 4.82. The molecule has 13 heteroatoms. The number of amides is 2. The van der Waals surface area contributed by atoms with Gasteiger partial charge in [-0.05, 0) is 24.3 Å². The van der Waals surface area contributed by atoms with Crippen LogP contribution in [0.1, 0.15) is 32.0 Å². The van der Waals surface area contributed by atoms with Crippen LogP contribution in [0.2, 0.25) is 0 Å². The first-order valence-electron chi connectivity index (χ1n) is 9.46. The zero-order valence-corrected chi connectivity index (χ0v) is 16.8. The second-order valence-electron chi connectivity index (χ2n) is 7.02. The summed E-state index contributed by atoms with van der Waals surface area (Å²) in [7, 11) is 0. The molecule has 7 nitrogen and oxygen atoms in total. The van der Waals surface area contributed by atoms with E-state index in [9.17, 15) is 35.9 Å². The van der Waals surface area contributed by atoms with Gasteiger partial charge in [0.2, 0.25) is 0 Å². The van der Waals surface area contributed by atoms with Crippen LogP contribution in [0.5, 0.6) is 0 Å². The minimum Gasteiger partial charge on any atom is -0.360 e. The van der Waals surface area contributed by atoms with Crippen molar-refractivity contribution in [3.63, 3.8) is 0 Å². The molecule has 0 saturated heterocycles. The molecule has 0 aliphatic rings. The number of carbonyl (C=O) groups is 2. The summed E-state index contributed by atoms with van der Waals surface area (Å²) < 4.78 is 80.4. The number of hydrogen-bond donors (Lipinski definition) is 3. The summed E-state index contributed by atoms with van der Waals surface area (Å²) in [5.74, 6) is -2.16. The maximum absolute atomic E-state index is 13.8. The standard InChI is InChI=1S/C21H13F6N5O2/c22-20(23,24)11-4-3-5-12(8-11)32-17(21(25,26)27)15(10-29-32)19(34)31-30-18(33)14-9-28-16-7-2-1-6-13(14)16/h1-10,28H,(H,30,33)(H,31,34). The van der Waals surface area contributed by atoms with Gasteiger partial charge in [-0.2, -0.15) is 31.4 Å². The Hall–Kier alpha value is -4.29. The van der Waals surface area contributed by atoms with Crippen LogP contribution in [0.15, 0.2) is 60.9 Å². The highest BCUT2D eigenvalue weighted by atomic mass is 19.4. The third-order valence-corrected chi connectivity index (χ3v) is 4.82. The lowest BCUT2D eigenvalue weighted by Gasteiger charge is -2.14. The first-order valence-corrected chi connectivity index (χ1v) is 9.46. The van der Waals surface area contributed by atoms with Crippen LogP contribution in [0.25, 0.3) is 16.6 Å². The normalized spacial score (nSPS) is 12.1. The molecular weight excluding hydrogens is 468 g/mol. The van der Waals surface area contributed by atoms with E-state index in [4.69, 9.17) is 0 Å². The van der Waals surface area contributed by atoms with Crippen LogP contribution in [0.3, 0.4) is 0 Å². The average molecular weight is 481 g/mol. The number of aromatic amines is 1. The van der Waals surface area contributed by atoms with Crippen molar-refractivity contribution in [3.05, 3.63) is 83.3 Å². The number of carbonyl (C=O) groups excluding carboxylic acids is 2. The van der Waals surface area contributed by atoms with Gasteiger partial charge in [0.05, 0.1) is 28.6 Å². The molecule has 0 bridgehead atoms. The lowest BCUT2D eigenvalue weighted by atomic mass is 10.1. The molecule has 176 valence electrons. The van der Waals surface area contributed by atoms with Crippen LogP contribution >= 0.6 is 0 Å². The Kier molecular flexibility index (Phi) is 5.55. The van der Waals surface area contributed by atoms with Crippen molar-refractivity contribution in [2.75, 3.05) is 0 Å². The molecule has 0 aliphatic carbocycles. The SMILES string of the molecule is O=C(NNC(=O)c1c[nH]c2ccccc12)c1cnn(-c2cccc(C(F)(F)F)c2)c1C(F)(F)F. The molecule has 34 heavy (non-hydrogen) atoms. The Morgan fingerprint density at radius 2 is 1.53 bits per heavy atom. The Morgan fingerprint density at radius 3 is 2.21 bits per heavy atom. The van der Waals surface area contributed by atoms with Crippen molar-refractivity contribution in [3.8, 4) is 5.69 Å². The summed E-state index contributed by atoms with van der Waals surface area (Å²) in [6.45, 7) is 0. The molecule has 3 N–H and O–H groups in total. The van der Waals surface area contributed by atoms with Gasteiger partial charge < -0.3 is 4.98 Å². The minimum atomic E-state index is -5.15. The number of hydrogen-bond acceptors (Lipinski definition) is 3. The van der Waals surface area contributed by atoms with Crippen molar-refractivity contribution < 1.29 is 35.9 Å². The van der Waals surface area contributed by atoms with Crippen LogP contribution < -0.4 is 10.9 Å². The second-order valence-corrected chi connectivity index (χ2v) is 7.02. The maximum Gasteiger partial charge on any atom is 0.434 e. The number of H-pyrrole nitrogens is 1. The van der Waals surface area contributed by atoms with Crippen molar-refractivity contribution in [2.45, 2.75) is 12.4 Å². The number of rotatable bonds is 3. The molecule has 4 rings (SSSR count). The molecule has 0 unspecified atom stereocenters. The second kappa shape index (κ2) is 8.24. The largest absolute Gasteiger partial charge is 0.434 e. The molecule has 2 heterocycles. The third kappa shape index (κ3) is 4.31. The zero-order chi connectivity index (χ0) is 24.7. The number of benzene rings is 2. The van der Waals surface area contributed by atoms with Crippen LogP contribution in [-0.2, 0) is 12.4 Å². The van der Waals surface area contributed by atoms with Crippen LogP contribution in [-0.4, -0.2) is 26.6 Å². The van der Waals surface area contributed by atoms with E-state index in [-0.39, 0.29) is 10.2 Å². The lowest BCUT2D eigenvalue weighted by Crippen LogP contribution is -2.42. The van der Waals surface area contributed by atoms with E-state index in [0.29, 0.717) is 29.2 Å². The number of aromatic nitrogens is 3. The average Bonchev–Trinajstić information content (AvgIpc) is 3.41. The molecule has 0 atom stereocenters. The molecule has 2 aromatic carbocycles. The number of fused-ring (bicyclic) bond motifs is 1. The molecule has 0 aliphatic heterocycles. The lowest BCUT2D eigenvalue weighted by molar-refractivity contribution is -0.143. The first kappa shape index (κ1) is 22.9. The van der Waals surface area contributed by atoms with E-state index in [0.717, 1.165) is 12.1 Å². The van der Waals surface area contributed by atoms with Crippen molar-refractivity contribution in [1.82, 2.24) is 25.6 Å². The highest BCUT2D eigenvalue weighted by Gasteiger charge is 2.41. The molecule has 0 saturated carbocycles. The van der Waals surface area contributed by atoms with Gasteiger partial charge >= 0.3 is 12.4 Å².